The number of carbonyl (C=O) groups is 1. The number of fused-ring (bicyclic) bond motifs is 1. The van der Waals surface area contributed by atoms with Gasteiger partial charge in [-0.2, -0.15) is 5.10 Å². The maximum Gasteiger partial charge on any atom is 0.274 e. The van der Waals surface area contributed by atoms with Crippen LogP contribution in [0, 0.1) is 13.8 Å². The quantitative estimate of drug-likeness (QED) is 0.429. The summed E-state index contributed by atoms with van der Waals surface area (Å²) in [6.07, 6.45) is 3.66. The van der Waals surface area contributed by atoms with Crippen molar-refractivity contribution in [3.8, 4) is 11.1 Å². The van der Waals surface area contributed by atoms with Crippen molar-refractivity contribution in [2.24, 2.45) is 5.10 Å². The number of nitrogens with one attached hydrogen (secondary N) is 1. The highest BCUT2D eigenvalue weighted by Gasteiger charge is 2.13. The van der Waals surface area contributed by atoms with Crippen molar-refractivity contribution in [2.45, 2.75) is 13.8 Å². The van der Waals surface area contributed by atoms with Crippen molar-refractivity contribution in [3.05, 3.63) is 89.6 Å². The van der Waals surface area contributed by atoms with Crippen LogP contribution >= 0.6 is 0 Å². The first kappa shape index (κ1) is 16.8. The van der Waals surface area contributed by atoms with Gasteiger partial charge >= 0.3 is 0 Å². The number of aromatic nitrogens is 1. The van der Waals surface area contributed by atoms with Gasteiger partial charge in [0.15, 0.2) is 0 Å². The van der Waals surface area contributed by atoms with Gasteiger partial charge in [-0.25, -0.2) is 5.43 Å². The fourth-order valence-corrected chi connectivity index (χ4v) is 3.19. The van der Waals surface area contributed by atoms with Crippen LogP contribution in [0.25, 0.3) is 16.6 Å². The summed E-state index contributed by atoms with van der Waals surface area (Å²) in [6, 6.07) is 19.9. The summed E-state index contributed by atoms with van der Waals surface area (Å²) >= 11 is 0. The van der Waals surface area contributed by atoms with Crippen molar-refractivity contribution >= 4 is 17.6 Å². The van der Waals surface area contributed by atoms with Crippen LogP contribution in [0.3, 0.4) is 0 Å². The highest BCUT2D eigenvalue weighted by atomic mass is 16.3. The zero-order chi connectivity index (χ0) is 18.8. The molecule has 4 aromatic rings. The number of amides is 1. The maximum atomic E-state index is 12.3. The summed E-state index contributed by atoms with van der Waals surface area (Å²) in [4.78, 5) is 12.3. The Bertz CT molecular complexity index is 1140. The number of furan rings is 1. The van der Waals surface area contributed by atoms with Crippen molar-refractivity contribution in [1.82, 2.24) is 9.83 Å². The summed E-state index contributed by atoms with van der Waals surface area (Å²) < 4.78 is 7.45. The van der Waals surface area contributed by atoms with Gasteiger partial charge in [-0.15, -0.1) is 0 Å². The summed E-state index contributed by atoms with van der Waals surface area (Å²) in [5.74, 6) is 0.992. The lowest BCUT2D eigenvalue weighted by Gasteiger charge is -2.03. The zero-order valence-electron chi connectivity index (χ0n) is 15.1. The van der Waals surface area contributed by atoms with Crippen molar-refractivity contribution < 1.29 is 9.21 Å². The van der Waals surface area contributed by atoms with Gasteiger partial charge in [0.1, 0.15) is 11.5 Å². The summed E-state index contributed by atoms with van der Waals surface area (Å²) in [7, 11) is 0. The van der Waals surface area contributed by atoms with E-state index in [2.05, 4.69) is 28.7 Å². The largest absolute Gasteiger partial charge is 0.466 e. The van der Waals surface area contributed by atoms with E-state index in [0.29, 0.717) is 17.1 Å². The normalized spacial score (nSPS) is 11.3. The highest BCUT2D eigenvalue weighted by Crippen LogP contribution is 2.26. The molecule has 1 N–H and O–H groups in total. The lowest BCUT2D eigenvalue weighted by molar-refractivity contribution is 0.0953. The van der Waals surface area contributed by atoms with Gasteiger partial charge in [-0.1, -0.05) is 36.4 Å². The number of nitrogens with zero attached hydrogens (tertiary/aromatic N) is 2. The van der Waals surface area contributed by atoms with E-state index >= 15 is 0 Å². The van der Waals surface area contributed by atoms with E-state index in [0.717, 1.165) is 22.3 Å². The molecule has 5 nitrogen and oxygen atoms in total. The van der Waals surface area contributed by atoms with Crippen LogP contribution in [0.15, 0.2) is 76.4 Å². The molecule has 0 aliphatic rings. The Morgan fingerprint density at radius 3 is 2.59 bits per heavy atom. The molecular formula is C22H19N3O2. The average molecular weight is 357 g/mol. The van der Waals surface area contributed by atoms with Gasteiger partial charge in [-0.3, -0.25) is 4.79 Å². The summed E-state index contributed by atoms with van der Waals surface area (Å²) in [6.45, 7) is 3.58. The second-order valence-corrected chi connectivity index (χ2v) is 6.33. The molecule has 1 aromatic carbocycles. The Morgan fingerprint density at radius 1 is 1.07 bits per heavy atom. The van der Waals surface area contributed by atoms with Crippen LogP contribution in [0.4, 0.5) is 0 Å². The number of benzene rings is 1. The van der Waals surface area contributed by atoms with Crippen LogP contribution in [-0.4, -0.2) is 16.5 Å². The molecule has 0 radical (unpaired) electrons. The van der Waals surface area contributed by atoms with E-state index in [1.807, 2.05) is 53.9 Å². The monoisotopic (exact) mass is 357 g/mol. The van der Waals surface area contributed by atoms with Gasteiger partial charge in [0.25, 0.3) is 5.91 Å². The predicted molar refractivity (Wildman–Crippen MR) is 106 cm³/mol. The Labute approximate surface area is 156 Å². The number of rotatable bonds is 4. The minimum atomic E-state index is -0.289. The molecule has 0 bridgehead atoms. The lowest BCUT2D eigenvalue weighted by Crippen LogP contribution is -2.18. The second-order valence-electron chi connectivity index (χ2n) is 6.33. The second kappa shape index (κ2) is 6.96. The summed E-state index contributed by atoms with van der Waals surface area (Å²) in [5, 5.41) is 4.19. The van der Waals surface area contributed by atoms with Crippen molar-refractivity contribution in [3.63, 3.8) is 0 Å². The molecule has 1 amide bonds. The van der Waals surface area contributed by atoms with E-state index < -0.39 is 0 Å². The van der Waals surface area contributed by atoms with Gasteiger partial charge in [0.2, 0.25) is 0 Å². The van der Waals surface area contributed by atoms with E-state index in [-0.39, 0.29) is 5.91 Å². The molecule has 0 unspecified atom stereocenters. The lowest BCUT2D eigenvalue weighted by atomic mass is 10.1. The van der Waals surface area contributed by atoms with Crippen LogP contribution in [-0.2, 0) is 0 Å². The Hall–Kier alpha value is -3.60. The van der Waals surface area contributed by atoms with Crippen LogP contribution in [0.1, 0.15) is 27.6 Å². The minimum Gasteiger partial charge on any atom is -0.466 e. The number of carbonyl (C=O) groups excluding carboxylic acids is 1. The third-order valence-electron chi connectivity index (χ3n) is 4.44. The van der Waals surface area contributed by atoms with Crippen molar-refractivity contribution in [1.29, 1.82) is 0 Å². The van der Waals surface area contributed by atoms with E-state index in [9.17, 15) is 4.79 Å². The molecular weight excluding hydrogens is 338 g/mol. The number of pyridine rings is 1. The highest BCUT2D eigenvalue weighted by molar-refractivity contribution is 5.97. The van der Waals surface area contributed by atoms with Gasteiger partial charge < -0.3 is 8.82 Å². The average Bonchev–Trinajstić information content (AvgIpc) is 3.22. The third-order valence-corrected chi connectivity index (χ3v) is 4.44. The number of aryl methyl sites for hydroxylation is 2. The molecule has 3 heterocycles. The Balaban J connectivity index is 1.68. The molecule has 0 aliphatic carbocycles. The predicted octanol–water partition coefficient (Wildman–Crippen LogP) is 4.58. The molecule has 0 saturated heterocycles. The Morgan fingerprint density at radius 2 is 1.85 bits per heavy atom. The summed E-state index contributed by atoms with van der Waals surface area (Å²) in [5.41, 5.74) is 7.19. The topological polar surface area (TPSA) is 59.0 Å². The molecule has 27 heavy (non-hydrogen) atoms. The molecule has 0 saturated carbocycles. The first-order valence-electron chi connectivity index (χ1n) is 8.69. The third kappa shape index (κ3) is 3.27. The molecule has 4 rings (SSSR count). The smallest absolute Gasteiger partial charge is 0.274 e. The van der Waals surface area contributed by atoms with Crippen LogP contribution in [0.5, 0.6) is 0 Å². The number of hydrogen-bond acceptors (Lipinski definition) is 3. The van der Waals surface area contributed by atoms with E-state index in [1.54, 1.807) is 19.2 Å². The molecule has 134 valence electrons. The molecule has 5 heteroatoms. The zero-order valence-corrected chi connectivity index (χ0v) is 15.1. The first-order chi connectivity index (χ1) is 13.1. The standard InChI is InChI=1S/C22H19N3O2/c1-15-12-19(16(2)27-15)22(26)24-23-14-21-20(17-8-4-3-5-9-17)13-18-10-6-7-11-25(18)21/h3-14H,1-2H3,(H,24,26)/b23-14-. The molecule has 0 fully saturated rings. The van der Waals surface area contributed by atoms with Gasteiger partial charge in [0, 0.05) is 17.3 Å². The van der Waals surface area contributed by atoms with Crippen molar-refractivity contribution in [2.75, 3.05) is 0 Å². The van der Waals surface area contributed by atoms with Gasteiger partial charge in [0.05, 0.1) is 17.5 Å². The number of hydrogen-bond donors (Lipinski definition) is 1. The SMILES string of the molecule is Cc1cc(C(=O)N/N=C\c2c(-c3ccccc3)cc3ccccn23)c(C)o1. The fraction of sp³-hybridized carbons (Fsp3) is 0.0909. The molecule has 0 aliphatic heterocycles. The Kier molecular flexibility index (Phi) is 4.34. The molecule has 0 spiro atoms. The van der Waals surface area contributed by atoms with Crippen LogP contribution < -0.4 is 5.43 Å². The fourth-order valence-electron chi connectivity index (χ4n) is 3.19. The molecule has 0 atom stereocenters. The molecule has 3 aromatic heterocycles. The van der Waals surface area contributed by atoms with E-state index in [4.69, 9.17) is 4.42 Å². The first-order valence-corrected chi connectivity index (χ1v) is 8.69. The van der Waals surface area contributed by atoms with E-state index in [1.165, 1.54) is 0 Å². The van der Waals surface area contributed by atoms with Crippen LogP contribution in [0.2, 0.25) is 0 Å². The maximum absolute atomic E-state index is 12.3. The minimum absolute atomic E-state index is 0.289. The number of hydrazone groups is 1. The van der Waals surface area contributed by atoms with Gasteiger partial charge in [-0.05, 0) is 43.7 Å².